The standard InChI is InChI=1S/C20H27N3O2/c1-15-5-7-16(8-6-15)11-12-22-20(21-2)23-14-17-9-10-18(24-3)19(13-17)25-4/h5-10,13H,11-12,14H2,1-4H3,(H2,21,22,23). The SMILES string of the molecule is CN=C(NCCc1ccc(C)cc1)NCc1ccc(OC)c(OC)c1. The van der Waals surface area contributed by atoms with E-state index >= 15 is 0 Å². The number of ether oxygens (including phenoxy) is 2. The number of hydrogen-bond acceptors (Lipinski definition) is 3. The van der Waals surface area contributed by atoms with Gasteiger partial charge in [-0.15, -0.1) is 0 Å². The van der Waals surface area contributed by atoms with Gasteiger partial charge in [-0.1, -0.05) is 35.9 Å². The van der Waals surface area contributed by atoms with E-state index in [4.69, 9.17) is 9.47 Å². The third-order valence-electron chi connectivity index (χ3n) is 3.96. The Kier molecular flexibility index (Phi) is 7.14. The second-order valence-electron chi connectivity index (χ2n) is 5.78. The monoisotopic (exact) mass is 341 g/mol. The van der Waals surface area contributed by atoms with Gasteiger partial charge in [0.15, 0.2) is 17.5 Å². The minimum atomic E-state index is 0.657. The van der Waals surface area contributed by atoms with Gasteiger partial charge >= 0.3 is 0 Å². The van der Waals surface area contributed by atoms with Crippen LogP contribution in [0.25, 0.3) is 0 Å². The van der Waals surface area contributed by atoms with Crippen LogP contribution in [0.4, 0.5) is 0 Å². The number of aliphatic imine (C=N–C) groups is 1. The zero-order chi connectivity index (χ0) is 18.1. The Labute approximate surface area is 150 Å². The van der Waals surface area contributed by atoms with Gasteiger partial charge in [0.1, 0.15) is 0 Å². The van der Waals surface area contributed by atoms with Crippen LogP contribution in [-0.2, 0) is 13.0 Å². The Morgan fingerprint density at radius 2 is 1.60 bits per heavy atom. The number of guanidine groups is 1. The van der Waals surface area contributed by atoms with Crippen LogP contribution in [0.2, 0.25) is 0 Å². The average molecular weight is 341 g/mol. The minimum absolute atomic E-state index is 0.657. The van der Waals surface area contributed by atoms with Crippen molar-refractivity contribution in [3.63, 3.8) is 0 Å². The van der Waals surface area contributed by atoms with E-state index in [0.717, 1.165) is 36.0 Å². The highest BCUT2D eigenvalue weighted by atomic mass is 16.5. The number of aryl methyl sites for hydroxylation is 1. The van der Waals surface area contributed by atoms with Crippen LogP contribution in [0, 0.1) is 6.92 Å². The van der Waals surface area contributed by atoms with E-state index in [0.29, 0.717) is 6.54 Å². The van der Waals surface area contributed by atoms with Crippen LogP contribution in [-0.4, -0.2) is 33.8 Å². The molecule has 0 fully saturated rings. The van der Waals surface area contributed by atoms with Gasteiger partial charge in [-0.25, -0.2) is 0 Å². The number of benzene rings is 2. The third kappa shape index (κ3) is 5.71. The highest BCUT2D eigenvalue weighted by Crippen LogP contribution is 2.27. The summed E-state index contributed by atoms with van der Waals surface area (Å²) in [4.78, 5) is 4.26. The molecule has 2 rings (SSSR count). The second-order valence-corrected chi connectivity index (χ2v) is 5.78. The second kappa shape index (κ2) is 9.57. The molecular weight excluding hydrogens is 314 g/mol. The van der Waals surface area contributed by atoms with Crippen LogP contribution in [0.15, 0.2) is 47.5 Å². The van der Waals surface area contributed by atoms with Crippen LogP contribution in [0.1, 0.15) is 16.7 Å². The van der Waals surface area contributed by atoms with E-state index in [1.165, 1.54) is 11.1 Å². The Bertz CT molecular complexity index is 697. The molecule has 5 heteroatoms. The van der Waals surface area contributed by atoms with Gasteiger partial charge in [-0.2, -0.15) is 0 Å². The van der Waals surface area contributed by atoms with Crippen molar-refractivity contribution in [2.75, 3.05) is 27.8 Å². The first-order valence-corrected chi connectivity index (χ1v) is 8.37. The van der Waals surface area contributed by atoms with Crippen LogP contribution in [0.3, 0.4) is 0 Å². The number of nitrogens with zero attached hydrogens (tertiary/aromatic N) is 1. The first-order chi connectivity index (χ1) is 12.2. The molecule has 0 aliphatic heterocycles. The molecule has 0 amide bonds. The number of nitrogens with one attached hydrogen (secondary N) is 2. The molecule has 0 aliphatic rings. The summed E-state index contributed by atoms with van der Waals surface area (Å²) in [7, 11) is 5.05. The van der Waals surface area contributed by atoms with Crippen molar-refractivity contribution in [2.45, 2.75) is 19.9 Å². The van der Waals surface area contributed by atoms with Crippen molar-refractivity contribution in [3.05, 3.63) is 59.2 Å². The van der Waals surface area contributed by atoms with Gasteiger partial charge in [0.05, 0.1) is 14.2 Å². The van der Waals surface area contributed by atoms with Gasteiger partial charge in [0.25, 0.3) is 0 Å². The molecule has 5 nitrogen and oxygen atoms in total. The molecule has 2 aromatic carbocycles. The fourth-order valence-electron chi connectivity index (χ4n) is 2.48. The van der Waals surface area contributed by atoms with Crippen molar-refractivity contribution >= 4 is 5.96 Å². The summed E-state index contributed by atoms with van der Waals surface area (Å²) >= 11 is 0. The van der Waals surface area contributed by atoms with E-state index in [-0.39, 0.29) is 0 Å². The Hall–Kier alpha value is -2.69. The lowest BCUT2D eigenvalue weighted by atomic mass is 10.1. The third-order valence-corrected chi connectivity index (χ3v) is 3.96. The smallest absolute Gasteiger partial charge is 0.191 e. The summed E-state index contributed by atoms with van der Waals surface area (Å²) in [6, 6.07) is 14.5. The molecule has 134 valence electrons. The van der Waals surface area contributed by atoms with Crippen molar-refractivity contribution in [2.24, 2.45) is 4.99 Å². The quantitative estimate of drug-likeness (QED) is 0.601. The Balaban J connectivity index is 1.83. The molecule has 0 bridgehead atoms. The highest BCUT2D eigenvalue weighted by Gasteiger charge is 2.05. The van der Waals surface area contributed by atoms with Crippen LogP contribution < -0.4 is 20.1 Å². The normalized spacial score (nSPS) is 11.1. The lowest BCUT2D eigenvalue weighted by Crippen LogP contribution is -2.37. The number of rotatable bonds is 7. The molecule has 0 aliphatic carbocycles. The van der Waals surface area contributed by atoms with Crippen molar-refractivity contribution in [1.29, 1.82) is 0 Å². The molecule has 2 N–H and O–H groups in total. The summed E-state index contributed by atoms with van der Waals surface area (Å²) in [6.07, 6.45) is 0.956. The van der Waals surface area contributed by atoms with E-state index < -0.39 is 0 Å². The first kappa shape index (κ1) is 18.6. The van der Waals surface area contributed by atoms with E-state index in [1.807, 2.05) is 18.2 Å². The topological polar surface area (TPSA) is 54.9 Å². The molecule has 0 aromatic heterocycles. The summed E-state index contributed by atoms with van der Waals surface area (Å²) in [5.41, 5.74) is 3.69. The lowest BCUT2D eigenvalue weighted by molar-refractivity contribution is 0.354. The fourth-order valence-corrected chi connectivity index (χ4v) is 2.48. The van der Waals surface area contributed by atoms with Crippen LogP contribution in [0.5, 0.6) is 11.5 Å². The van der Waals surface area contributed by atoms with E-state index in [1.54, 1.807) is 21.3 Å². The van der Waals surface area contributed by atoms with Crippen LogP contribution >= 0.6 is 0 Å². The zero-order valence-corrected chi connectivity index (χ0v) is 15.4. The molecule has 0 spiro atoms. The van der Waals surface area contributed by atoms with Gasteiger partial charge in [0, 0.05) is 20.1 Å². The van der Waals surface area contributed by atoms with E-state index in [9.17, 15) is 0 Å². The predicted molar refractivity (Wildman–Crippen MR) is 103 cm³/mol. The van der Waals surface area contributed by atoms with Crippen molar-refractivity contribution in [1.82, 2.24) is 10.6 Å². The maximum Gasteiger partial charge on any atom is 0.191 e. The van der Waals surface area contributed by atoms with Gasteiger partial charge in [-0.05, 0) is 36.6 Å². The summed E-state index contributed by atoms with van der Waals surface area (Å²) in [6.45, 7) is 3.58. The lowest BCUT2D eigenvalue weighted by Gasteiger charge is -2.13. The maximum atomic E-state index is 5.33. The molecule has 25 heavy (non-hydrogen) atoms. The molecule has 0 saturated carbocycles. The average Bonchev–Trinajstić information content (AvgIpc) is 2.65. The summed E-state index contributed by atoms with van der Waals surface area (Å²) in [5, 5.41) is 6.65. The van der Waals surface area contributed by atoms with Gasteiger partial charge in [-0.3, -0.25) is 4.99 Å². The summed E-state index contributed by atoms with van der Waals surface area (Å²) < 4.78 is 10.6. The Morgan fingerprint density at radius 3 is 2.24 bits per heavy atom. The van der Waals surface area contributed by atoms with E-state index in [2.05, 4.69) is 46.8 Å². The minimum Gasteiger partial charge on any atom is -0.493 e. The summed E-state index contributed by atoms with van der Waals surface area (Å²) in [5.74, 6) is 2.23. The molecule has 0 heterocycles. The number of hydrogen-bond donors (Lipinski definition) is 2. The fraction of sp³-hybridized carbons (Fsp3) is 0.350. The maximum absolute atomic E-state index is 5.33. The molecular formula is C20H27N3O2. The molecule has 2 aromatic rings. The molecule has 0 radical (unpaired) electrons. The van der Waals surface area contributed by atoms with Crippen molar-refractivity contribution < 1.29 is 9.47 Å². The zero-order valence-electron chi connectivity index (χ0n) is 15.4. The van der Waals surface area contributed by atoms with Crippen molar-refractivity contribution in [3.8, 4) is 11.5 Å². The largest absolute Gasteiger partial charge is 0.493 e. The predicted octanol–water partition coefficient (Wildman–Crippen LogP) is 2.92. The van der Waals surface area contributed by atoms with Gasteiger partial charge < -0.3 is 20.1 Å². The molecule has 0 atom stereocenters. The number of methoxy groups -OCH3 is 2. The van der Waals surface area contributed by atoms with Gasteiger partial charge in [0.2, 0.25) is 0 Å². The first-order valence-electron chi connectivity index (χ1n) is 8.37. The Morgan fingerprint density at radius 1 is 0.920 bits per heavy atom. The highest BCUT2D eigenvalue weighted by molar-refractivity contribution is 5.79. The molecule has 0 unspecified atom stereocenters. The molecule has 0 saturated heterocycles.